The second kappa shape index (κ2) is 7.14. The van der Waals surface area contributed by atoms with Crippen LogP contribution in [0.4, 0.5) is 5.82 Å². The minimum atomic E-state index is 0.0589. The van der Waals surface area contributed by atoms with Gasteiger partial charge in [-0.05, 0) is 24.8 Å². The van der Waals surface area contributed by atoms with Crippen molar-refractivity contribution in [3.05, 3.63) is 33.4 Å². The SMILES string of the molecule is CCc1nnc(NC(CC)c2nccs2)c(C#N)c1CC. The predicted molar refractivity (Wildman–Crippen MR) is 84.3 cm³/mol. The lowest BCUT2D eigenvalue weighted by Gasteiger charge is -2.17. The molecular formula is C15H19N5S. The third kappa shape index (κ3) is 3.19. The second-order valence-electron chi connectivity index (χ2n) is 4.64. The monoisotopic (exact) mass is 301 g/mol. The van der Waals surface area contributed by atoms with Crippen molar-refractivity contribution >= 4 is 17.2 Å². The minimum absolute atomic E-state index is 0.0589. The van der Waals surface area contributed by atoms with Crippen LogP contribution in [0.25, 0.3) is 0 Å². The molecule has 1 atom stereocenters. The average Bonchev–Trinajstić information content (AvgIpc) is 3.05. The van der Waals surface area contributed by atoms with E-state index in [1.54, 1.807) is 17.5 Å². The third-order valence-corrected chi connectivity index (χ3v) is 4.32. The topological polar surface area (TPSA) is 74.5 Å². The lowest BCUT2D eigenvalue weighted by Crippen LogP contribution is -2.14. The Morgan fingerprint density at radius 2 is 2.10 bits per heavy atom. The van der Waals surface area contributed by atoms with Crippen molar-refractivity contribution in [2.24, 2.45) is 0 Å². The van der Waals surface area contributed by atoms with Gasteiger partial charge >= 0.3 is 0 Å². The van der Waals surface area contributed by atoms with E-state index in [1.165, 1.54) is 0 Å². The Kier molecular flexibility index (Phi) is 5.23. The average molecular weight is 301 g/mol. The molecule has 0 aromatic carbocycles. The number of aryl methyl sites for hydroxylation is 1. The summed E-state index contributed by atoms with van der Waals surface area (Å²) in [6.07, 6.45) is 4.23. The van der Waals surface area contributed by atoms with Crippen molar-refractivity contribution in [3.63, 3.8) is 0 Å². The number of nitrogens with zero attached hydrogens (tertiary/aromatic N) is 4. The Hall–Kier alpha value is -2.00. The standard InChI is InChI=1S/C15H19N5S/c1-4-10-11(9-16)14(20-19-12(10)5-2)18-13(6-3)15-17-7-8-21-15/h7-8,13H,4-6H2,1-3H3,(H,18,20). The van der Waals surface area contributed by atoms with E-state index in [2.05, 4.69) is 33.5 Å². The Morgan fingerprint density at radius 3 is 2.62 bits per heavy atom. The van der Waals surface area contributed by atoms with Crippen LogP contribution < -0.4 is 5.32 Å². The molecule has 0 aliphatic carbocycles. The zero-order valence-electron chi connectivity index (χ0n) is 12.6. The van der Waals surface area contributed by atoms with E-state index in [4.69, 9.17) is 0 Å². The fourth-order valence-electron chi connectivity index (χ4n) is 2.30. The number of hydrogen-bond donors (Lipinski definition) is 1. The molecule has 0 bridgehead atoms. The molecule has 2 aromatic heterocycles. The van der Waals surface area contributed by atoms with Crippen molar-refractivity contribution in [1.29, 1.82) is 5.26 Å². The molecule has 5 nitrogen and oxygen atoms in total. The van der Waals surface area contributed by atoms with Crippen molar-refractivity contribution in [2.75, 3.05) is 5.32 Å². The Balaban J connectivity index is 2.38. The number of hydrogen-bond acceptors (Lipinski definition) is 6. The van der Waals surface area contributed by atoms with Crippen molar-refractivity contribution in [2.45, 2.75) is 46.1 Å². The maximum Gasteiger partial charge on any atom is 0.167 e. The largest absolute Gasteiger partial charge is 0.358 e. The number of anilines is 1. The maximum absolute atomic E-state index is 9.50. The first-order valence-electron chi connectivity index (χ1n) is 7.19. The van der Waals surface area contributed by atoms with Gasteiger partial charge in [0.1, 0.15) is 16.6 Å². The Morgan fingerprint density at radius 1 is 1.29 bits per heavy atom. The number of nitriles is 1. The Bertz CT molecular complexity index is 630. The van der Waals surface area contributed by atoms with Crippen LogP contribution in [0.1, 0.15) is 55.1 Å². The van der Waals surface area contributed by atoms with E-state index in [9.17, 15) is 5.26 Å². The van der Waals surface area contributed by atoms with Gasteiger partial charge in [-0.1, -0.05) is 20.8 Å². The van der Waals surface area contributed by atoms with Crippen LogP contribution >= 0.6 is 11.3 Å². The van der Waals surface area contributed by atoms with Crippen molar-refractivity contribution in [1.82, 2.24) is 15.2 Å². The molecule has 0 fully saturated rings. The summed E-state index contributed by atoms with van der Waals surface area (Å²) in [6.45, 7) is 6.15. The molecule has 1 N–H and O–H groups in total. The van der Waals surface area contributed by atoms with Gasteiger partial charge in [0.05, 0.1) is 11.7 Å². The Labute approximate surface area is 129 Å². The van der Waals surface area contributed by atoms with Crippen LogP contribution in [0.3, 0.4) is 0 Å². The molecule has 0 aliphatic heterocycles. The van der Waals surface area contributed by atoms with Gasteiger partial charge < -0.3 is 5.32 Å². The second-order valence-corrected chi connectivity index (χ2v) is 5.57. The predicted octanol–water partition coefficient (Wildman–Crippen LogP) is 3.49. The first kappa shape index (κ1) is 15.4. The van der Waals surface area contributed by atoms with E-state index in [-0.39, 0.29) is 6.04 Å². The molecule has 6 heteroatoms. The highest BCUT2D eigenvalue weighted by molar-refractivity contribution is 7.09. The summed E-state index contributed by atoms with van der Waals surface area (Å²) >= 11 is 1.60. The lowest BCUT2D eigenvalue weighted by atomic mass is 10.0. The van der Waals surface area contributed by atoms with Gasteiger partial charge in [-0.15, -0.1) is 16.4 Å². The van der Waals surface area contributed by atoms with E-state index in [0.717, 1.165) is 35.5 Å². The normalized spacial score (nSPS) is 11.9. The lowest BCUT2D eigenvalue weighted by molar-refractivity contribution is 0.729. The molecule has 0 aliphatic rings. The van der Waals surface area contributed by atoms with Crippen molar-refractivity contribution < 1.29 is 0 Å². The van der Waals surface area contributed by atoms with Gasteiger partial charge in [-0.25, -0.2) is 4.98 Å². The molecule has 110 valence electrons. The number of nitrogens with one attached hydrogen (secondary N) is 1. The summed E-state index contributed by atoms with van der Waals surface area (Å²) in [5.41, 5.74) is 2.51. The van der Waals surface area contributed by atoms with Gasteiger partial charge in [0.25, 0.3) is 0 Å². The van der Waals surface area contributed by atoms with Crippen molar-refractivity contribution in [3.8, 4) is 6.07 Å². The molecule has 2 rings (SSSR count). The van der Waals surface area contributed by atoms with Crippen LogP contribution in [-0.2, 0) is 12.8 Å². The molecule has 21 heavy (non-hydrogen) atoms. The molecular weight excluding hydrogens is 282 g/mol. The van der Waals surface area contributed by atoms with E-state index >= 15 is 0 Å². The third-order valence-electron chi connectivity index (χ3n) is 3.43. The molecule has 0 radical (unpaired) electrons. The summed E-state index contributed by atoms with van der Waals surface area (Å²) in [5, 5.41) is 24.3. The summed E-state index contributed by atoms with van der Waals surface area (Å²) in [5.74, 6) is 0.564. The van der Waals surface area contributed by atoms with Gasteiger partial charge in [0.15, 0.2) is 5.82 Å². The molecule has 0 saturated heterocycles. The molecule has 0 amide bonds. The fraction of sp³-hybridized carbons (Fsp3) is 0.467. The van der Waals surface area contributed by atoms with Gasteiger partial charge in [0, 0.05) is 11.6 Å². The number of thiazole rings is 1. The summed E-state index contributed by atoms with van der Waals surface area (Å²) < 4.78 is 0. The van der Waals surface area contributed by atoms with Gasteiger partial charge in [-0.2, -0.15) is 10.4 Å². The van der Waals surface area contributed by atoms with E-state index in [1.807, 2.05) is 19.2 Å². The quantitative estimate of drug-likeness (QED) is 0.884. The van der Waals surface area contributed by atoms with Crippen LogP contribution in [0.2, 0.25) is 0 Å². The summed E-state index contributed by atoms with van der Waals surface area (Å²) in [4.78, 5) is 4.34. The van der Waals surface area contributed by atoms with Gasteiger partial charge in [0.2, 0.25) is 0 Å². The summed E-state index contributed by atoms with van der Waals surface area (Å²) in [6, 6.07) is 2.34. The highest BCUT2D eigenvalue weighted by Gasteiger charge is 2.18. The number of rotatable bonds is 6. The van der Waals surface area contributed by atoms with Gasteiger partial charge in [-0.3, -0.25) is 0 Å². The molecule has 0 saturated carbocycles. The molecule has 0 spiro atoms. The molecule has 2 aromatic rings. The zero-order chi connectivity index (χ0) is 15.2. The van der Waals surface area contributed by atoms with Crippen LogP contribution in [0, 0.1) is 11.3 Å². The fourth-order valence-corrected chi connectivity index (χ4v) is 3.08. The molecule has 2 heterocycles. The smallest absolute Gasteiger partial charge is 0.167 e. The van der Waals surface area contributed by atoms with E-state index in [0.29, 0.717) is 11.4 Å². The van der Waals surface area contributed by atoms with Crippen LogP contribution in [-0.4, -0.2) is 15.2 Å². The first-order chi connectivity index (χ1) is 10.2. The highest BCUT2D eigenvalue weighted by atomic mass is 32.1. The summed E-state index contributed by atoms with van der Waals surface area (Å²) in [7, 11) is 0. The highest BCUT2D eigenvalue weighted by Crippen LogP contribution is 2.27. The zero-order valence-corrected chi connectivity index (χ0v) is 13.4. The van der Waals surface area contributed by atoms with Crippen LogP contribution in [0.5, 0.6) is 0 Å². The first-order valence-corrected chi connectivity index (χ1v) is 8.07. The molecule has 1 unspecified atom stereocenters. The maximum atomic E-state index is 9.50. The van der Waals surface area contributed by atoms with Crippen LogP contribution in [0.15, 0.2) is 11.6 Å². The van der Waals surface area contributed by atoms with E-state index < -0.39 is 0 Å². The number of aromatic nitrogens is 3. The minimum Gasteiger partial charge on any atom is -0.358 e.